The van der Waals surface area contributed by atoms with Crippen molar-refractivity contribution in [2.24, 2.45) is 0 Å². The minimum Gasteiger partial charge on any atom is -0.480 e. The third-order valence-corrected chi connectivity index (χ3v) is 3.53. The number of nitrogens with one attached hydrogen (secondary N) is 3. The number of amides is 2. The average Bonchev–Trinajstić information content (AvgIpc) is 2.59. The lowest BCUT2D eigenvalue weighted by Crippen LogP contribution is -2.21. The Morgan fingerprint density at radius 1 is 0.880 bits per heavy atom. The molecule has 0 spiro atoms. The van der Waals surface area contributed by atoms with Gasteiger partial charge in [0.15, 0.2) is 0 Å². The minimum atomic E-state index is -0.902. The Morgan fingerprint density at radius 2 is 1.48 bits per heavy atom. The van der Waals surface area contributed by atoms with Crippen LogP contribution in [0.15, 0.2) is 24.3 Å². The molecule has 0 aliphatic heterocycles. The van der Waals surface area contributed by atoms with Crippen molar-refractivity contribution in [1.82, 2.24) is 10.8 Å². The number of hydroxylamine groups is 1. The zero-order valence-corrected chi connectivity index (χ0v) is 14.1. The van der Waals surface area contributed by atoms with E-state index in [-0.39, 0.29) is 24.8 Å². The maximum atomic E-state index is 11.8. The van der Waals surface area contributed by atoms with E-state index in [1.165, 1.54) is 0 Å². The number of unbranched alkanes of at least 4 members (excludes halogenated alkanes) is 3. The van der Waals surface area contributed by atoms with Crippen LogP contribution >= 0.6 is 0 Å². The van der Waals surface area contributed by atoms with E-state index in [9.17, 15) is 14.4 Å². The Kier molecular flexibility index (Phi) is 9.88. The van der Waals surface area contributed by atoms with Crippen LogP contribution in [0.1, 0.15) is 44.1 Å². The molecular formula is C17H25N3O5. The Labute approximate surface area is 146 Å². The summed E-state index contributed by atoms with van der Waals surface area (Å²) in [5, 5.41) is 22.5. The standard InChI is InChI=1S/C17H25N3O5/c21-15(5-3-1-2-4-6-16(22)20-25)19-14-9-7-13(8-10-14)11-18-12-17(23)24/h7-10,18,25H,1-6,11-12H2,(H,19,21)(H,20,22)(H,23,24). The summed E-state index contributed by atoms with van der Waals surface area (Å²) in [4.78, 5) is 33.1. The molecule has 0 aromatic heterocycles. The highest BCUT2D eigenvalue weighted by molar-refractivity contribution is 5.90. The van der Waals surface area contributed by atoms with E-state index in [2.05, 4.69) is 10.6 Å². The van der Waals surface area contributed by atoms with Gasteiger partial charge < -0.3 is 15.7 Å². The molecule has 0 fully saturated rings. The van der Waals surface area contributed by atoms with Gasteiger partial charge in [-0.3, -0.25) is 19.6 Å². The Bertz CT molecular complexity index is 560. The number of benzene rings is 1. The number of aliphatic carboxylic acids is 1. The molecule has 0 aliphatic carbocycles. The van der Waals surface area contributed by atoms with Gasteiger partial charge in [-0.15, -0.1) is 0 Å². The van der Waals surface area contributed by atoms with Crippen LogP contribution in [0.4, 0.5) is 5.69 Å². The van der Waals surface area contributed by atoms with E-state index in [0.29, 0.717) is 25.1 Å². The second-order valence-electron chi connectivity index (χ2n) is 5.69. The summed E-state index contributed by atoms with van der Waals surface area (Å²) in [6.45, 7) is 0.359. The summed E-state index contributed by atoms with van der Waals surface area (Å²) in [6, 6.07) is 7.22. The van der Waals surface area contributed by atoms with Crippen LogP contribution in [0.25, 0.3) is 0 Å². The number of rotatable bonds is 12. The number of carboxylic acids is 1. The molecule has 0 radical (unpaired) electrons. The zero-order chi connectivity index (χ0) is 18.5. The predicted octanol–water partition coefficient (Wildman–Crippen LogP) is 1.65. The first-order valence-corrected chi connectivity index (χ1v) is 8.25. The van der Waals surface area contributed by atoms with E-state index in [1.54, 1.807) is 17.6 Å². The van der Waals surface area contributed by atoms with Crippen molar-refractivity contribution < 1.29 is 24.7 Å². The first-order chi connectivity index (χ1) is 12.0. The molecule has 0 atom stereocenters. The number of anilines is 1. The van der Waals surface area contributed by atoms with Gasteiger partial charge in [-0.2, -0.15) is 0 Å². The fraction of sp³-hybridized carbons (Fsp3) is 0.471. The number of carbonyl (C=O) groups is 3. The summed E-state index contributed by atoms with van der Waals surface area (Å²) in [6.07, 6.45) is 3.80. The molecule has 0 bridgehead atoms. The third-order valence-electron chi connectivity index (χ3n) is 3.53. The van der Waals surface area contributed by atoms with Crippen LogP contribution in [0.5, 0.6) is 0 Å². The smallest absolute Gasteiger partial charge is 0.317 e. The lowest BCUT2D eigenvalue weighted by atomic mass is 10.1. The van der Waals surface area contributed by atoms with Gasteiger partial charge in [-0.1, -0.05) is 25.0 Å². The molecule has 0 heterocycles. The highest BCUT2D eigenvalue weighted by atomic mass is 16.5. The maximum Gasteiger partial charge on any atom is 0.317 e. The molecule has 0 unspecified atom stereocenters. The van der Waals surface area contributed by atoms with Crippen molar-refractivity contribution in [1.29, 1.82) is 0 Å². The van der Waals surface area contributed by atoms with Crippen molar-refractivity contribution >= 4 is 23.5 Å². The lowest BCUT2D eigenvalue weighted by Gasteiger charge is -2.07. The molecule has 1 rings (SSSR count). The quantitative estimate of drug-likeness (QED) is 0.221. The number of hydrogen-bond acceptors (Lipinski definition) is 5. The normalized spacial score (nSPS) is 10.3. The van der Waals surface area contributed by atoms with Crippen LogP contribution in [-0.4, -0.2) is 34.6 Å². The van der Waals surface area contributed by atoms with Crippen LogP contribution in [0.3, 0.4) is 0 Å². The van der Waals surface area contributed by atoms with Crippen LogP contribution in [0.2, 0.25) is 0 Å². The van der Waals surface area contributed by atoms with Crippen molar-refractivity contribution in [3.8, 4) is 0 Å². The van der Waals surface area contributed by atoms with Gasteiger partial charge >= 0.3 is 5.97 Å². The van der Waals surface area contributed by atoms with E-state index < -0.39 is 5.97 Å². The summed E-state index contributed by atoms with van der Waals surface area (Å²) >= 11 is 0. The fourth-order valence-electron chi connectivity index (χ4n) is 2.22. The second kappa shape index (κ2) is 12.0. The molecule has 8 nitrogen and oxygen atoms in total. The van der Waals surface area contributed by atoms with E-state index >= 15 is 0 Å². The number of carboxylic acid groups (broad SMARTS) is 1. The van der Waals surface area contributed by atoms with Crippen LogP contribution in [-0.2, 0) is 20.9 Å². The monoisotopic (exact) mass is 351 g/mol. The molecule has 0 saturated carbocycles. The third kappa shape index (κ3) is 10.1. The van der Waals surface area contributed by atoms with Crippen LogP contribution < -0.4 is 16.1 Å². The second-order valence-corrected chi connectivity index (χ2v) is 5.69. The molecule has 8 heteroatoms. The van der Waals surface area contributed by atoms with Crippen molar-refractivity contribution in [3.05, 3.63) is 29.8 Å². The average molecular weight is 351 g/mol. The van der Waals surface area contributed by atoms with Gasteiger partial charge in [0.05, 0.1) is 6.54 Å². The van der Waals surface area contributed by atoms with Gasteiger partial charge in [0.2, 0.25) is 11.8 Å². The first kappa shape index (κ1) is 20.6. The molecule has 0 saturated heterocycles. The van der Waals surface area contributed by atoms with E-state index in [4.69, 9.17) is 10.3 Å². The molecule has 25 heavy (non-hydrogen) atoms. The van der Waals surface area contributed by atoms with Gasteiger partial charge in [-0.05, 0) is 30.5 Å². The van der Waals surface area contributed by atoms with E-state index in [0.717, 1.165) is 24.8 Å². The summed E-state index contributed by atoms with van der Waals surface area (Å²) in [7, 11) is 0. The Hall–Kier alpha value is -2.45. The van der Waals surface area contributed by atoms with Gasteiger partial charge in [0.1, 0.15) is 0 Å². The molecule has 2 amide bonds. The van der Waals surface area contributed by atoms with Gasteiger partial charge in [-0.25, -0.2) is 5.48 Å². The first-order valence-electron chi connectivity index (χ1n) is 8.25. The number of hydrogen-bond donors (Lipinski definition) is 5. The highest BCUT2D eigenvalue weighted by Crippen LogP contribution is 2.11. The molecule has 138 valence electrons. The van der Waals surface area contributed by atoms with Crippen molar-refractivity contribution in [2.45, 2.75) is 45.1 Å². The summed E-state index contributed by atoms with van der Waals surface area (Å²) in [5.41, 5.74) is 3.23. The number of carbonyl (C=O) groups excluding carboxylic acids is 2. The summed E-state index contributed by atoms with van der Waals surface area (Å²) < 4.78 is 0. The molecule has 1 aromatic carbocycles. The molecule has 0 aliphatic rings. The minimum absolute atomic E-state index is 0.0650. The van der Waals surface area contributed by atoms with Crippen molar-refractivity contribution in [2.75, 3.05) is 11.9 Å². The van der Waals surface area contributed by atoms with E-state index in [1.807, 2.05) is 12.1 Å². The molecule has 5 N–H and O–H groups in total. The summed E-state index contributed by atoms with van der Waals surface area (Å²) in [5.74, 6) is -1.36. The Balaban J connectivity index is 2.17. The van der Waals surface area contributed by atoms with Crippen LogP contribution in [0, 0.1) is 0 Å². The topological polar surface area (TPSA) is 128 Å². The highest BCUT2D eigenvalue weighted by Gasteiger charge is 2.04. The molecular weight excluding hydrogens is 326 g/mol. The predicted molar refractivity (Wildman–Crippen MR) is 92.0 cm³/mol. The lowest BCUT2D eigenvalue weighted by molar-refractivity contribution is -0.136. The SMILES string of the molecule is O=C(O)CNCc1ccc(NC(=O)CCCCCCC(=O)NO)cc1. The molecule has 1 aromatic rings. The fourth-order valence-corrected chi connectivity index (χ4v) is 2.22. The zero-order valence-electron chi connectivity index (χ0n) is 14.1. The largest absolute Gasteiger partial charge is 0.480 e. The maximum absolute atomic E-state index is 11.8. The van der Waals surface area contributed by atoms with Gasteiger partial charge in [0, 0.05) is 25.1 Å². The van der Waals surface area contributed by atoms with Gasteiger partial charge in [0.25, 0.3) is 0 Å². The van der Waals surface area contributed by atoms with Crippen molar-refractivity contribution in [3.63, 3.8) is 0 Å². The Morgan fingerprint density at radius 3 is 2.04 bits per heavy atom.